The molecule has 7 nitrogen and oxygen atoms in total. The number of nitrogens with zero attached hydrogens (tertiary/aromatic N) is 1. The number of benzene rings is 2. The average molecular weight is 420 g/mol. The van der Waals surface area contributed by atoms with E-state index in [9.17, 15) is 9.59 Å². The Balaban J connectivity index is 1.55. The van der Waals surface area contributed by atoms with Crippen molar-refractivity contribution in [2.24, 2.45) is 0 Å². The number of hydrogen-bond acceptors (Lipinski definition) is 6. The Kier molecular flexibility index (Phi) is 7.28. The molecule has 0 unspecified atom stereocenters. The first-order valence-electron chi connectivity index (χ1n) is 10.1. The van der Waals surface area contributed by atoms with Crippen LogP contribution in [-0.2, 0) is 27.2 Å². The molecule has 0 fully saturated rings. The van der Waals surface area contributed by atoms with E-state index in [-0.39, 0.29) is 6.10 Å². The minimum Gasteiger partial charge on any atom is -0.493 e. The Hall–Kier alpha value is -3.79. The van der Waals surface area contributed by atoms with Crippen molar-refractivity contribution >= 4 is 23.6 Å². The maximum Gasteiger partial charge on any atom is 0.331 e. The van der Waals surface area contributed by atoms with Crippen molar-refractivity contribution in [3.05, 3.63) is 59.2 Å². The summed E-state index contributed by atoms with van der Waals surface area (Å²) >= 11 is 0. The third-order valence-corrected chi connectivity index (χ3v) is 4.59. The molecule has 2 aromatic rings. The summed E-state index contributed by atoms with van der Waals surface area (Å²) in [5.41, 5.74) is 3.20. The molecule has 0 radical (unpaired) electrons. The molecular weight excluding hydrogens is 396 g/mol. The van der Waals surface area contributed by atoms with Gasteiger partial charge in [-0.3, -0.25) is 4.79 Å². The van der Waals surface area contributed by atoms with Gasteiger partial charge in [0.15, 0.2) is 6.61 Å². The maximum absolute atomic E-state index is 12.1. The fraction of sp³-hybridized carbons (Fsp3) is 0.292. The van der Waals surface area contributed by atoms with Crippen molar-refractivity contribution in [2.45, 2.75) is 32.8 Å². The van der Waals surface area contributed by atoms with Crippen molar-refractivity contribution < 1.29 is 23.8 Å². The Bertz CT molecular complexity index is 1020. The van der Waals surface area contributed by atoms with Crippen molar-refractivity contribution in [2.75, 3.05) is 18.5 Å². The molecule has 3 rings (SSSR count). The third-order valence-electron chi connectivity index (χ3n) is 4.59. The Morgan fingerprint density at radius 3 is 2.77 bits per heavy atom. The van der Waals surface area contributed by atoms with Crippen molar-refractivity contribution in [3.63, 3.8) is 0 Å². The van der Waals surface area contributed by atoms with Crippen LogP contribution < -0.4 is 14.8 Å². The number of anilines is 1. The van der Waals surface area contributed by atoms with Gasteiger partial charge in [-0.25, -0.2) is 4.79 Å². The van der Waals surface area contributed by atoms with E-state index in [2.05, 4.69) is 11.4 Å². The molecule has 0 saturated heterocycles. The minimum atomic E-state index is -0.642. The molecule has 1 aliphatic rings. The molecule has 0 spiro atoms. The maximum atomic E-state index is 12.1. The number of nitriles is 1. The van der Waals surface area contributed by atoms with Gasteiger partial charge in [-0.15, -0.1) is 0 Å². The standard InChI is InChI=1S/C24H24N2O5/c1-3-29-21-14-19-12-16(2)31-22(19)13-18(21)6-9-24(28)30-15-23(27)26-20-7-4-17(5-8-20)10-11-25/h4-9,13-14,16H,3,10,12,15H2,1-2H3,(H,26,27)/b9-6+/t16-/m1/s1. The Morgan fingerprint density at radius 2 is 2.06 bits per heavy atom. The molecule has 31 heavy (non-hydrogen) atoms. The van der Waals surface area contributed by atoms with E-state index in [0.29, 0.717) is 30.0 Å². The van der Waals surface area contributed by atoms with Crippen molar-refractivity contribution in [1.29, 1.82) is 5.26 Å². The average Bonchev–Trinajstić information content (AvgIpc) is 3.11. The molecule has 2 aromatic carbocycles. The van der Waals surface area contributed by atoms with Crippen molar-refractivity contribution in [1.82, 2.24) is 0 Å². The highest BCUT2D eigenvalue weighted by Crippen LogP contribution is 2.35. The third kappa shape index (κ3) is 6.09. The molecule has 1 atom stereocenters. The van der Waals surface area contributed by atoms with Gasteiger partial charge < -0.3 is 19.5 Å². The minimum absolute atomic E-state index is 0.106. The van der Waals surface area contributed by atoms with E-state index in [1.807, 2.05) is 26.0 Å². The largest absolute Gasteiger partial charge is 0.493 e. The number of ether oxygens (including phenoxy) is 3. The smallest absolute Gasteiger partial charge is 0.331 e. The molecule has 1 heterocycles. The zero-order valence-electron chi connectivity index (χ0n) is 17.5. The van der Waals surface area contributed by atoms with Crippen LogP contribution in [0.3, 0.4) is 0 Å². The second-order valence-corrected chi connectivity index (χ2v) is 7.08. The summed E-state index contributed by atoms with van der Waals surface area (Å²) in [6, 6.07) is 12.7. The summed E-state index contributed by atoms with van der Waals surface area (Å²) in [4.78, 5) is 24.1. The Labute approximate surface area is 181 Å². The van der Waals surface area contributed by atoms with E-state index in [1.165, 1.54) is 6.08 Å². The number of carbonyl (C=O) groups excluding carboxylic acids is 2. The second-order valence-electron chi connectivity index (χ2n) is 7.08. The van der Waals surface area contributed by atoms with Gasteiger partial charge in [-0.05, 0) is 49.8 Å². The normalized spacial score (nSPS) is 14.4. The fourth-order valence-electron chi connectivity index (χ4n) is 3.20. The van der Waals surface area contributed by atoms with E-state index >= 15 is 0 Å². The molecule has 1 amide bonds. The van der Waals surface area contributed by atoms with Crippen LogP contribution in [0.5, 0.6) is 11.5 Å². The molecule has 0 aromatic heterocycles. The highest BCUT2D eigenvalue weighted by Gasteiger charge is 2.21. The summed E-state index contributed by atoms with van der Waals surface area (Å²) in [6.45, 7) is 3.98. The lowest BCUT2D eigenvalue weighted by atomic mass is 10.1. The number of hydrogen-bond donors (Lipinski definition) is 1. The predicted molar refractivity (Wildman–Crippen MR) is 116 cm³/mol. The lowest BCUT2D eigenvalue weighted by Crippen LogP contribution is -2.20. The van der Waals surface area contributed by atoms with Crippen LogP contribution in [-0.4, -0.2) is 31.2 Å². The lowest BCUT2D eigenvalue weighted by molar-refractivity contribution is -0.142. The first kappa shape index (κ1) is 21.9. The van der Waals surface area contributed by atoms with Gasteiger partial charge >= 0.3 is 5.97 Å². The predicted octanol–water partition coefficient (Wildman–Crippen LogP) is 3.67. The van der Waals surface area contributed by atoms with Crippen LogP contribution in [0.2, 0.25) is 0 Å². The summed E-state index contributed by atoms with van der Waals surface area (Å²) in [7, 11) is 0. The highest BCUT2D eigenvalue weighted by molar-refractivity contribution is 5.94. The number of carbonyl (C=O) groups is 2. The monoisotopic (exact) mass is 420 g/mol. The molecule has 1 N–H and O–H groups in total. The zero-order chi connectivity index (χ0) is 22.2. The van der Waals surface area contributed by atoms with E-state index in [4.69, 9.17) is 19.5 Å². The van der Waals surface area contributed by atoms with Crippen LogP contribution in [0.4, 0.5) is 5.69 Å². The molecule has 7 heteroatoms. The van der Waals surface area contributed by atoms with Gasteiger partial charge in [-0.2, -0.15) is 5.26 Å². The van der Waals surface area contributed by atoms with Gasteiger partial charge in [0.05, 0.1) is 19.1 Å². The molecule has 0 saturated carbocycles. The van der Waals surface area contributed by atoms with Crippen LogP contribution in [0.25, 0.3) is 6.08 Å². The summed E-state index contributed by atoms with van der Waals surface area (Å²) in [6.07, 6.45) is 4.07. The first-order valence-corrected chi connectivity index (χ1v) is 10.1. The van der Waals surface area contributed by atoms with E-state index < -0.39 is 18.5 Å². The van der Waals surface area contributed by atoms with E-state index in [0.717, 1.165) is 23.3 Å². The van der Waals surface area contributed by atoms with Gasteiger partial charge in [0.1, 0.15) is 17.6 Å². The van der Waals surface area contributed by atoms with Crippen LogP contribution in [0.15, 0.2) is 42.5 Å². The highest BCUT2D eigenvalue weighted by atomic mass is 16.5. The Morgan fingerprint density at radius 1 is 1.29 bits per heavy atom. The topological polar surface area (TPSA) is 97.6 Å². The molecular formula is C24H24N2O5. The molecule has 160 valence electrons. The number of nitrogens with one attached hydrogen (secondary N) is 1. The number of amides is 1. The fourth-order valence-corrected chi connectivity index (χ4v) is 3.20. The van der Waals surface area contributed by atoms with Crippen LogP contribution in [0.1, 0.15) is 30.5 Å². The van der Waals surface area contributed by atoms with Gasteiger partial charge in [0, 0.05) is 29.3 Å². The molecule has 1 aliphatic heterocycles. The van der Waals surface area contributed by atoms with Gasteiger partial charge in [0.25, 0.3) is 5.91 Å². The quantitative estimate of drug-likeness (QED) is 0.517. The number of fused-ring (bicyclic) bond motifs is 1. The van der Waals surface area contributed by atoms with Crippen molar-refractivity contribution in [3.8, 4) is 17.6 Å². The SMILES string of the molecule is CCOc1cc2c(cc1/C=C/C(=O)OCC(=O)Nc1ccc(CC#N)cc1)O[C@H](C)C2. The number of rotatable bonds is 8. The van der Waals surface area contributed by atoms with Crippen LogP contribution >= 0.6 is 0 Å². The van der Waals surface area contributed by atoms with E-state index in [1.54, 1.807) is 30.3 Å². The number of esters is 1. The lowest BCUT2D eigenvalue weighted by Gasteiger charge is -2.10. The summed E-state index contributed by atoms with van der Waals surface area (Å²) in [5, 5.41) is 11.3. The summed E-state index contributed by atoms with van der Waals surface area (Å²) < 4.78 is 16.5. The molecule has 0 aliphatic carbocycles. The van der Waals surface area contributed by atoms with Crippen LogP contribution in [0, 0.1) is 11.3 Å². The first-order chi connectivity index (χ1) is 15.0. The van der Waals surface area contributed by atoms with Gasteiger partial charge in [0.2, 0.25) is 0 Å². The van der Waals surface area contributed by atoms with Gasteiger partial charge in [-0.1, -0.05) is 12.1 Å². The second kappa shape index (κ2) is 10.3. The summed E-state index contributed by atoms with van der Waals surface area (Å²) in [5.74, 6) is 0.353. The zero-order valence-corrected chi connectivity index (χ0v) is 17.5. The molecule has 0 bridgehead atoms.